The highest BCUT2D eigenvalue weighted by Crippen LogP contribution is 2.26. The van der Waals surface area contributed by atoms with E-state index in [4.69, 9.17) is 5.73 Å². The topological polar surface area (TPSA) is 46.3 Å². The van der Waals surface area contributed by atoms with Gasteiger partial charge < -0.3 is 10.6 Å². The molecule has 0 aromatic carbocycles. The second-order valence-corrected chi connectivity index (χ2v) is 7.09. The van der Waals surface area contributed by atoms with E-state index in [9.17, 15) is 4.79 Å². The lowest BCUT2D eigenvalue weighted by Crippen LogP contribution is -2.34. The van der Waals surface area contributed by atoms with Crippen LogP contribution in [0, 0.1) is 8.80 Å². The van der Waals surface area contributed by atoms with Gasteiger partial charge in [-0.2, -0.15) is 0 Å². The number of hydrogen-bond donors (Lipinski definition) is 1. The average Bonchev–Trinajstić information content (AvgIpc) is 2.83. The summed E-state index contributed by atoms with van der Waals surface area (Å²) in [5.41, 5.74) is 6.48. The van der Waals surface area contributed by atoms with Crippen LogP contribution in [0.4, 0.5) is 0 Å². The van der Waals surface area contributed by atoms with Gasteiger partial charge in [-0.05, 0) is 54.5 Å². The van der Waals surface area contributed by atoms with Crippen LogP contribution in [0.1, 0.15) is 23.7 Å². The molecule has 1 saturated heterocycles. The molecule has 0 spiro atoms. The predicted octanol–water partition coefficient (Wildman–Crippen LogP) is 2.16. The zero-order chi connectivity index (χ0) is 11.7. The van der Waals surface area contributed by atoms with Crippen LogP contribution >= 0.6 is 33.9 Å². The summed E-state index contributed by atoms with van der Waals surface area (Å²) in [4.78, 5) is 14.2. The van der Waals surface area contributed by atoms with Crippen LogP contribution < -0.4 is 5.73 Å². The monoisotopic (exact) mass is 350 g/mol. The van der Waals surface area contributed by atoms with Crippen molar-refractivity contribution in [2.75, 3.05) is 13.1 Å². The molecule has 1 aliphatic heterocycles. The van der Waals surface area contributed by atoms with Crippen molar-refractivity contribution in [2.24, 2.45) is 11.7 Å². The number of amides is 1. The first-order valence-corrected chi connectivity index (χ1v) is 7.32. The number of hydrogen-bond acceptors (Lipinski definition) is 3. The third-order valence-corrected chi connectivity index (χ3v) is 4.86. The Hall–Kier alpha value is -0.140. The molecule has 2 atom stereocenters. The molecule has 3 nitrogen and oxygen atoms in total. The Labute approximate surface area is 113 Å². The van der Waals surface area contributed by atoms with Crippen molar-refractivity contribution in [3.63, 3.8) is 0 Å². The summed E-state index contributed by atoms with van der Waals surface area (Å²) in [6.07, 6.45) is 1.03. The first-order chi connectivity index (χ1) is 7.61. The lowest BCUT2D eigenvalue weighted by molar-refractivity contribution is 0.0744. The minimum atomic E-state index is 0.155. The molecule has 0 saturated carbocycles. The molecule has 1 fully saturated rings. The van der Waals surface area contributed by atoms with Crippen LogP contribution in [0.2, 0.25) is 0 Å². The number of nitrogens with two attached hydrogens (primary N) is 1. The number of rotatable bonds is 2. The van der Waals surface area contributed by atoms with Gasteiger partial charge in [-0.15, -0.1) is 11.3 Å². The molecule has 2 N–H and O–H groups in total. The summed E-state index contributed by atoms with van der Waals surface area (Å²) in [5, 5.41) is 1.94. The molecule has 2 unspecified atom stereocenters. The molecule has 1 aromatic heterocycles. The van der Waals surface area contributed by atoms with Gasteiger partial charge in [0.05, 0.1) is 8.45 Å². The van der Waals surface area contributed by atoms with Crippen LogP contribution in [-0.2, 0) is 0 Å². The normalized spacial score (nSPS) is 25.1. The molecule has 0 aliphatic carbocycles. The zero-order valence-electron chi connectivity index (χ0n) is 9.15. The summed E-state index contributed by atoms with van der Waals surface area (Å²) >= 11 is 3.86. The van der Waals surface area contributed by atoms with Crippen molar-refractivity contribution in [1.29, 1.82) is 0 Å². The molecular weight excluding hydrogens is 335 g/mol. The zero-order valence-corrected chi connectivity index (χ0v) is 12.1. The van der Waals surface area contributed by atoms with Gasteiger partial charge in [0.15, 0.2) is 0 Å². The quantitative estimate of drug-likeness (QED) is 0.831. The maximum Gasteiger partial charge on any atom is 0.254 e. The molecular formula is C11H15IN2OS. The SMILES string of the molecule is CC1CC(CN)CN1C(=O)c1csc(I)c1. The number of thiophene rings is 1. The van der Waals surface area contributed by atoms with Gasteiger partial charge in [0.1, 0.15) is 0 Å². The first-order valence-electron chi connectivity index (χ1n) is 5.37. The molecule has 1 amide bonds. The van der Waals surface area contributed by atoms with E-state index in [0.717, 1.165) is 21.4 Å². The Morgan fingerprint density at radius 3 is 3.00 bits per heavy atom. The van der Waals surface area contributed by atoms with Crippen LogP contribution in [0.15, 0.2) is 11.4 Å². The van der Waals surface area contributed by atoms with E-state index in [1.54, 1.807) is 11.3 Å². The number of halogens is 1. The van der Waals surface area contributed by atoms with Gasteiger partial charge in [-0.25, -0.2) is 0 Å². The van der Waals surface area contributed by atoms with Crippen molar-refractivity contribution in [3.8, 4) is 0 Å². The number of nitrogens with zero attached hydrogens (tertiary/aromatic N) is 1. The lowest BCUT2D eigenvalue weighted by Gasteiger charge is -2.20. The third-order valence-electron chi connectivity index (χ3n) is 3.07. The van der Waals surface area contributed by atoms with Gasteiger partial charge >= 0.3 is 0 Å². The lowest BCUT2D eigenvalue weighted by atomic mass is 10.1. The molecule has 16 heavy (non-hydrogen) atoms. The van der Waals surface area contributed by atoms with E-state index in [-0.39, 0.29) is 5.91 Å². The molecule has 2 rings (SSSR count). The Balaban J connectivity index is 2.11. The summed E-state index contributed by atoms with van der Waals surface area (Å²) in [7, 11) is 0. The van der Waals surface area contributed by atoms with Crippen molar-refractivity contribution in [2.45, 2.75) is 19.4 Å². The van der Waals surface area contributed by atoms with Crippen LogP contribution in [0.3, 0.4) is 0 Å². The minimum Gasteiger partial charge on any atom is -0.336 e. The summed E-state index contributed by atoms with van der Waals surface area (Å²) in [6, 6.07) is 2.27. The van der Waals surface area contributed by atoms with E-state index < -0.39 is 0 Å². The highest BCUT2D eigenvalue weighted by molar-refractivity contribution is 14.1. The van der Waals surface area contributed by atoms with Crippen molar-refractivity contribution in [3.05, 3.63) is 19.9 Å². The summed E-state index contributed by atoms with van der Waals surface area (Å²) in [5.74, 6) is 0.624. The van der Waals surface area contributed by atoms with Crippen LogP contribution in [-0.4, -0.2) is 29.9 Å². The van der Waals surface area contributed by atoms with E-state index >= 15 is 0 Å². The van der Waals surface area contributed by atoms with E-state index in [1.807, 2.05) is 16.3 Å². The Morgan fingerprint density at radius 2 is 2.50 bits per heavy atom. The molecule has 1 aromatic rings. The standard InChI is InChI=1S/C11H15IN2OS/c1-7-2-8(4-13)5-14(7)11(15)9-3-10(12)16-6-9/h3,6-8H,2,4-5,13H2,1H3. The largest absolute Gasteiger partial charge is 0.336 e. The number of carbonyl (C=O) groups is 1. The van der Waals surface area contributed by atoms with E-state index in [2.05, 4.69) is 29.5 Å². The first kappa shape index (κ1) is 12.3. The van der Waals surface area contributed by atoms with E-state index in [1.165, 1.54) is 0 Å². The van der Waals surface area contributed by atoms with Crippen molar-refractivity contribution < 1.29 is 4.79 Å². The van der Waals surface area contributed by atoms with Gasteiger partial charge in [0, 0.05) is 18.0 Å². The fourth-order valence-electron chi connectivity index (χ4n) is 2.18. The Kier molecular flexibility index (Phi) is 3.86. The Morgan fingerprint density at radius 1 is 1.75 bits per heavy atom. The molecule has 0 bridgehead atoms. The molecule has 2 heterocycles. The number of likely N-dealkylation sites (tertiary alicyclic amines) is 1. The fourth-order valence-corrected chi connectivity index (χ4v) is 3.50. The summed E-state index contributed by atoms with van der Waals surface area (Å²) < 4.78 is 1.16. The molecule has 0 radical (unpaired) electrons. The summed E-state index contributed by atoms with van der Waals surface area (Å²) in [6.45, 7) is 3.59. The highest BCUT2D eigenvalue weighted by Gasteiger charge is 2.32. The predicted molar refractivity (Wildman–Crippen MR) is 74.7 cm³/mol. The maximum absolute atomic E-state index is 12.2. The van der Waals surface area contributed by atoms with Gasteiger partial charge in [-0.1, -0.05) is 0 Å². The molecule has 5 heteroatoms. The second kappa shape index (κ2) is 5.01. The minimum absolute atomic E-state index is 0.155. The average molecular weight is 350 g/mol. The van der Waals surface area contributed by atoms with Gasteiger partial charge in [0.2, 0.25) is 0 Å². The maximum atomic E-state index is 12.2. The third kappa shape index (κ3) is 2.41. The van der Waals surface area contributed by atoms with Crippen LogP contribution in [0.25, 0.3) is 0 Å². The van der Waals surface area contributed by atoms with Crippen molar-refractivity contribution in [1.82, 2.24) is 4.90 Å². The highest BCUT2D eigenvalue weighted by atomic mass is 127. The molecule has 1 aliphatic rings. The number of carbonyl (C=O) groups excluding carboxylic acids is 1. The van der Waals surface area contributed by atoms with Crippen molar-refractivity contribution >= 4 is 39.8 Å². The Bertz CT molecular complexity index is 393. The van der Waals surface area contributed by atoms with Crippen LogP contribution in [0.5, 0.6) is 0 Å². The van der Waals surface area contributed by atoms with Gasteiger partial charge in [-0.3, -0.25) is 4.79 Å². The van der Waals surface area contributed by atoms with E-state index in [0.29, 0.717) is 18.5 Å². The smallest absolute Gasteiger partial charge is 0.254 e. The fraction of sp³-hybridized carbons (Fsp3) is 0.545. The second-order valence-electron chi connectivity index (χ2n) is 4.28. The molecule has 88 valence electrons. The van der Waals surface area contributed by atoms with Gasteiger partial charge in [0.25, 0.3) is 5.91 Å².